The molecule has 0 bridgehead atoms. The average Bonchev–Trinajstić information content (AvgIpc) is 2.61. The molecule has 1 aliphatic carbocycles. The third kappa shape index (κ3) is 3.28. The molecule has 1 aliphatic heterocycles. The Morgan fingerprint density at radius 3 is 2.88 bits per heavy atom. The van der Waals surface area contributed by atoms with Crippen LogP contribution in [0.2, 0.25) is 0 Å². The van der Waals surface area contributed by atoms with E-state index in [0.717, 1.165) is 29.3 Å². The van der Waals surface area contributed by atoms with Crippen molar-refractivity contribution in [3.05, 3.63) is 39.9 Å². The highest BCUT2D eigenvalue weighted by Gasteiger charge is 2.23. The van der Waals surface area contributed by atoms with E-state index in [-0.39, 0.29) is 11.1 Å². The first-order valence-electron chi connectivity index (χ1n) is 9.28. The highest BCUT2D eigenvalue weighted by atomic mass is 32.2. The van der Waals surface area contributed by atoms with Crippen LogP contribution in [-0.2, 0) is 13.0 Å². The summed E-state index contributed by atoms with van der Waals surface area (Å²) in [5.41, 5.74) is 2.16. The van der Waals surface area contributed by atoms with Gasteiger partial charge >= 0.3 is 0 Å². The Bertz CT molecular complexity index is 909. The molecule has 2 aromatic rings. The number of pyridine rings is 1. The molecule has 2 aromatic heterocycles. The van der Waals surface area contributed by atoms with Gasteiger partial charge in [-0.3, -0.25) is 14.3 Å². The summed E-state index contributed by atoms with van der Waals surface area (Å²) < 4.78 is 1.64. The standard InChI is InChI=1S/C20H22N4OS/c1-13-11-24-19(25)17(9-21)18(23-20(24)26-12-13)15-6-8-16(22-10-15)7-5-14-3-2-4-14/h6,8,10,13-14H,2-5,7,11-12H2,1H3. The molecule has 5 nitrogen and oxygen atoms in total. The lowest BCUT2D eigenvalue weighted by Gasteiger charge is -2.24. The topological polar surface area (TPSA) is 71.6 Å². The molecule has 134 valence electrons. The molecule has 1 atom stereocenters. The second-order valence-corrected chi connectivity index (χ2v) is 8.42. The first-order chi connectivity index (χ1) is 12.7. The van der Waals surface area contributed by atoms with Crippen molar-refractivity contribution in [2.24, 2.45) is 11.8 Å². The summed E-state index contributed by atoms with van der Waals surface area (Å²) in [6.45, 7) is 2.73. The van der Waals surface area contributed by atoms with Gasteiger partial charge < -0.3 is 0 Å². The number of aromatic nitrogens is 3. The van der Waals surface area contributed by atoms with Gasteiger partial charge in [0.25, 0.3) is 5.56 Å². The third-order valence-corrected chi connectivity index (χ3v) is 6.67. The van der Waals surface area contributed by atoms with Gasteiger partial charge in [-0.1, -0.05) is 37.9 Å². The molecule has 0 N–H and O–H groups in total. The van der Waals surface area contributed by atoms with Gasteiger partial charge in [0.15, 0.2) is 5.16 Å². The molecular formula is C20H22N4OS. The van der Waals surface area contributed by atoms with E-state index in [1.165, 1.54) is 25.7 Å². The lowest BCUT2D eigenvalue weighted by molar-refractivity contribution is 0.295. The fourth-order valence-electron chi connectivity index (χ4n) is 3.54. The molecular weight excluding hydrogens is 344 g/mol. The number of fused-ring (bicyclic) bond motifs is 1. The molecule has 0 aromatic carbocycles. The van der Waals surface area contributed by atoms with Crippen molar-refractivity contribution in [1.82, 2.24) is 14.5 Å². The summed E-state index contributed by atoms with van der Waals surface area (Å²) in [6.07, 6.45) is 8.01. The van der Waals surface area contributed by atoms with E-state index in [9.17, 15) is 10.1 Å². The number of rotatable bonds is 4. The Labute approximate surface area is 157 Å². The van der Waals surface area contributed by atoms with E-state index in [2.05, 4.69) is 23.0 Å². The molecule has 0 saturated heterocycles. The van der Waals surface area contributed by atoms with Crippen LogP contribution < -0.4 is 5.56 Å². The Morgan fingerprint density at radius 2 is 2.23 bits per heavy atom. The van der Waals surface area contributed by atoms with E-state index >= 15 is 0 Å². The van der Waals surface area contributed by atoms with E-state index in [1.807, 2.05) is 12.1 Å². The average molecular weight is 366 g/mol. The minimum absolute atomic E-state index is 0.118. The Morgan fingerprint density at radius 1 is 1.38 bits per heavy atom. The number of thioether (sulfide) groups is 1. The van der Waals surface area contributed by atoms with Crippen LogP contribution >= 0.6 is 11.8 Å². The van der Waals surface area contributed by atoms with Crippen molar-refractivity contribution < 1.29 is 0 Å². The van der Waals surface area contributed by atoms with Gasteiger partial charge in [0.2, 0.25) is 0 Å². The maximum Gasteiger partial charge on any atom is 0.272 e. The van der Waals surface area contributed by atoms with Gasteiger partial charge in [-0.05, 0) is 36.8 Å². The van der Waals surface area contributed by atoms with Crippen LogP contribution in [0.25, 0.3) is 11.3 Å². The molecule has 26 heavy (non-hydrogen) atoms. The molecule has 0 amide bonds. The molecule has 4 rings (SSSR count). The first-order valence-corrected chi connectivity index (χ1v) is 10.3. The van der Waals surface area contributed by atoms with Crippen LogP contribution in [-0.4, -0.2) is 20.3 Å². The molecule has 1 fully saturated rings. The Balaban J connectivity index is 1.63. The Hall–Kier alpha value is -2.13. The number of hydrogen-bond donors (Lipinski definition) is 0. The van der Waals surface area contributed by atoms with Gasteiger partial charge in [-0.25, -0.2) is 4.98 Å². The molecule has 3 heterocycles. The van der Waals surface area contributed by atoms with Gasteiger partial charge in [0.05, 0.1) is 5.69 Å². The lowest BCUT2D eigenvalue weighted by atomic mass is 9.82. The van der Waals surface area contributed by atoms with Crippen LogP contribution in [0.4, 0.5) is 0 Å². The second kappa shape index (κ2) is 7.24. The van der Waals surface area contributed by atoms with Crippen LogP contribution in [0.15, 0.2) is 28.3 Å². The highest BCUT2D eigenvalue weighted by molar-refractivity contribution is 7.99. The fourth-order valence-corrected chi connectivity index (χ4v) is 4.55. The van der Waals surface area contributed by atoms with Gasteiger partial charge in [0, 0.05) is 29.8 Å². The van der Waals surface area contributed by atoms with Gasteiger partial charge in [0.1, 0.15) is 11.6 Å². The van der Waals surface area contributed by atoms with E-state index < -0.39 is 0 Å². The SMILES string of the molecule is CC1CSc2nc(-c3ccc(CCC4CCC4)nc3)c(C#N)c(=O)n2C1. The number of nitriles is 1. The quantitative estimate of drug-likeness (QED) is 0.772. The molecule has 0 radical (unpaired) electrons. The highest BCUT2D eigenvalue weighted by Crippen LogP contribution is 2.31. The fraction of sp³-hybridized carbons (Fsp3) is 0.500. The van der Waals surface area contributed by atoms with Gasteiger partial charge in [-0.15, -0.1) is 0 Å². The molecule has 2 aliphatic rings. The summed E-state index contributed by atoms with van der Waals surface area (Å²) in [4.78, 5) is 21.9. The maximum atomic E-state index is 12.7. The minimum atomic E-state index is -0.236. The maximum absolute atomic E-state index is 12.7. The van der Waals surface area contributed by atoms with Crippen molar-refractivity contribution in [2.45, 2.75) is 50.7 Å². The van der Waals surface area contributed by atoms with Crippen LogP contribution in [0.3, 0.4) is 0 Å². The monoisotopic (exact) mass is 366 g/mol. The molecule has 6 heteroatoms. The molecule has 1 saturated carbocycles. The van der Waals surface area contributed by atoms with Crippen LogP contribution in [0, 0.1) is 23.2 Å². The van der Waals surface area contributed by atoms with E-state index in [0.29, 0.717) is 23.3 Å². The van der Waals surface area contributed by atoms with E-state index in [4.69, 9.17) is 0 Å². The summed E-state index contributed by atoms with van der Waals surface area (Å²) in [5, 5.41) is 10.2. The summed E-state index contributed by atoms with van der Waals surface area (Å²) in [6, 6.07) is 6.01. The van der Waals surface area contributed by atoms with Crippen LogP contribution in [0.1, 0.15) is 43.9 Å². The number of hydrogen-bond acceptors (Lipinski definition) is 5. The first kappa shape index (κ1) is 17.3. The largest absolute Gasteiger partial charge is 0.286 e. The second-order valence-electron chi connectivity index (χ2n) is 7.44. The normalized spacial score (nSPS) is 19.5. The van der Waals surface area contributed by atoms with Crippen molar-refractivity contribution >= 4 is 11.8 Å². The van der Waals surface area contributed by atoms with Gasteiger partial charge in [-0.2, -0.15) is 5.26 Å². The smallest absolute Gasteiger partial charge is 0.272 e. The summed E-state index contributed by atoms with van der Waals surface area (Å²) in [5.74, 6) is 2.21. The zero-order chi connectivity index (χ0) is 18.1. The van der Waals surface area contributed by atoms with Crippen molar-refractivity contribution in [3.63, 3.8) is 0 Å². The number of nitrogens with zero attached hydrogens (tertiary/aromatic N) is 4. The van der Waals surface area contributed by atoms with Crippen LogP contribution in [0.5, 0.6) is 0 Å². The Kier molecular flexibility index (Phi) is 4.82. The zero-order valence-electron chi connectivity index (χ0n) is 14.9. The zero-order valence-corrected chi connectivity index (χ0v) is 15.8. The lowest BCUT2D eigenvalue weighted by Crippen LogP contribution is -2.32. The van der Waals surface area contributed by atoms with E-state index in [1.54, 1.807) is 22.5 Å². The summed E-state index contributed by atoms with van der Waals surface area (Å²) >= 11 is 1.58. The summed E-state index contributed by atoms with van der Waals surface area (Å²) in [7, 11) is 0. The predicted octanol–water partition coefficient (Wildman–Crippen LogP) is 3.65. The van der Waals surface area contributed by atoms with Crippen molar-refractivity contribution in [2.75, 3.05) is 5.75 Å². The number of aryl methyl sites for hydroxylation is 1. The van der Waals surface area contributed by atoms with Crippen molar-refractivity contribution in [1.29, 1.82) is 5.26 Å². The molecule has 0 spiro atoms. The third-order valence-electron chi connectivity index (χ3n) is 5.37. The molecule has 1 unspecified atom stereocenters. The minimum Gasteiger partial charge on any atom is -0.286 e. The predicted molar refractivity (Wildman–Crippen MR) is 102 cm³/mol. The van der Waals surface area contributed by atoms with Crippen molar-refractivity contribution in [3.8, 4) is 17.3 Å².